The van der Waals surface area contributed by atoms with E-state index in [9.17, 15) is 14.0 Å². The number of thioether (sulfide) groups is 1. The van der Waals surface area contributed by atoms with Gasteiger partial charge in [-0.15, -0.1) is 11.8 Å². The fraction of sp³-hybridized carbons (Fsp3) is 0.200. The van der Waals surface area contributed by atoms with Crippen molar-refractivity contribution < 1.29 is 23.8 Å². The first-order valence-electron chi connectivity index (χ1n) is 4.27. The summed E-state index contributed by atoms with van der Waals surface area (Å²) in [4.78, 5) is 21.6. The van der Waals surface area contributed by atoms with Crippen LogP contribution < -0.4 is 0 Å². The third kappa shape index (κ3) is 3.23. The molecule has 16 heavy (non-hydrogen) atoms. The van der Waals surface area contributed by atoms with Crippen LogP contribution in [0.1, 0.15) is 10.4 Å². The third-order valence-corrected chi connectivity index (χ3v) is 2.76. The van der Waals surface area contributed by atoms with Crippen LogP contribution in [0.3, 0.4) is 0 Å². The molecule has 0 aliphatic rings. The summed E-state index contributed by atoms with van der Waals surface area (Å²) in [5.41, 5.74) is -0.0197. The first-order chi connectivity index (χ1) is 7.54. The summed E-state index contributed by atoms with van der Waals surface area (Å²) in [6.07, 6.45) is 0. The fourth-order valence-corrected chi connectivity index (χ4v) is 1.75. The lowest BCUT2D eigenvalue weighted by Gasteiger charge is -2.03. The number of carboxylic acids is 1. The summed E-state index contributed by atoms with van der Waals surface area (Å²) < 4.78 is 17.6. The molecule has 0 saturated heterocycles. The molecule has 1 rings (SSSR count). The van der Waals surface area contributed by atoms with Crippen molar-refractivity contribution in [1.82, 2.24) is 0 Å². The van der Waals surface area contributed by atoms with Gasteiger partial charge in [0.05, 0.1) is 18.4 Å². The van der Waals surface area contributed by atoms with Crippen LogP contribution in [0.4, 0.5) is 4.39 Å². The Morgan fingerprint density at radius 2 is 2.19 bits per heavy atom. The van der Waals surface area contributed by atoms with Crippen molar-refractivity contribution in [3.63, 3.8) is 0 Å². The number of carbonyl (C=O) groups is 2. The molecule has 0 atom stereocenters. The number of carboxylic acid groups (broad SMARTS) is 1. The molecule has 0 bridgehead atoms. The molecular formula is C10H9FO4S. The second-order valence-corrected chi connectivity index (χ2v) is 3.83. The van der Waals surface area contributed by atoms with Crippen molar-refractivity contribution in [2.45, 2.75) is 4.90 Å². The molecule has 0 aliphatic heterocycles. The van der Waals surface area contributed by atoms with E-state index in [-0.39, 0.29) is 16.2 Å². The van der Waals surface area contributed by atoms with E-state index in [1.807, 2.05) is 0 Å². The van der Waals surface area contributed by atoms with Crippen molar-refractivity contribution in [3.8, 4) is 0 Å². The number of rotatable bonds is 4. The lowest BCUT2D eigenvalue weighted by Crippen LogP contribution is -2.04. The summed E-state index contributed by atoms with van der Waals surface area (Å²) in [6.45, 7) is 0. The molecule has 0 aliphatic carbocycles. The molecule has 4 nitrogen and oxygen atoms in total. The normalized spacial score (nSPS) is 9.88. The highest BCUT2D eigenvalue weighted by atomic mass is 32.2. The number of halogens is 1. The number of hydrogen-bond acceptors (Lipinski definition) is 4. The van der Waals surface area contributed by atoms with Gasteiger partial charge in [-0.25, -0.2) is 9.18 Å². The maximum atomic E-state index is 13.2. The predicted molar refractivity (Wildman–Crippen MR) is 56.1 cm³/mol. The van der Waals surface area contributed by atoms with Gasteiger partial charge in [-0.3, -0.25) is 4.79 Å². The standard InChI is InChI=1S/C10H9FO4S/c1-15-9(12)5-16-8-4-6(10(13)14)2-3-7(8)11/h2-4H,5H2,1H3,(H,13,14). The molecule has 0 heterocycles. The number of hydrogen-bond donors (Lipinski definition) is 1. The zero-order chi connectivity index (χ0) is 12.1. The average Bonchev–Trinajstić information content (AvgIpc) is 2.27. The Morgan fingerprint density at radius 3 is 2.75 bits per heavy atom. The lowest BCUT2D eigenvalue weighted by atomic mass is 10.2. The fourth-order valence-electron chi connectivity index (χ4n) is 0.943. The molecule has 1 aromatic carbocycles. The number of ether oxygens (including phenoxy) is 1. The van der Waals surface area contributed by atoms with E-state index >= 15 is 0 Å². The summed E-state index contributed by atoms with van der Waals surface area (Å²) >= 11 is 0.898. The van der Waals surface area contributed by atoms with Gasteiger partial charge < -0.3 is 9.84 Å². The van der Waals surface area contributed by atoms with Crippen LogP contribution in [-0.4, -0.2) is 29.9 Å². The van der Waals surface area contributed by atoms with Crippen molar-refractivity contribution in [2.75, 3.05) is 12.9 Å². The third-order valence-electron chi connectivity index (χ3n) is 1.75. The van der Waals surface area contributed by atoms with E-state index in [0.29, 0.717) is 0 Å². The Hall–Kier alpha value is -1.56. The highest BCUT2D eigenvalue weighted by Crippen LogP contribution is 2.23. The van der Waals surface area contributed by atoms with Gasteiger partial charge >= 0.3 is 11.9 Å². The molecule has 1 N–H and O–H groups in total. The van der Waals surface area contributed by atoms with E-state index in [2.05, 4.69) is 4.74 Å². The second kappa shape index (κ2) is 5.50. The first-order valence-corrected chi connectivity index (χ1v) is 5.25. The van der Waals surface area contributed by atoms with Gasteiger partial charge in [0.15, 0.2) is 0 Å². The van der Waals surface area contributed by atoms with Crippen molar-refractivity contribution >= 4 is 23.7 Å². The minimum absolute atomic E-state index is 0.0197. The van der Waals surface area contributed by atoms with Crippen LogP contribution in [0.15, 0.2) is 23.1 Å². The number of methoxy groups -OCH3 is 1. The molecule has 0 aromatic heterocycles. The quantitative estimate of drug-likeness (QED) is 0.646. The van der Waals surface area contributed by atoms with Gasteiger partial charge in [0, 0.05) is 4.90 Å². The minimum Gasteiger partial charge on any atom is -0.478 e. The van der Waals surface area contributed by atoms with Crippen LogP contribution in [-0.2, 0) is 9.53 Å². The molecule has 0 unspecified atom stereocenters. The summed E-state index contributed by atoms with van der Waals surface area (Å²) in [6, 6.07) is 3.41. The Labute approximate surface area is 95.4 Å². The van der Waals surface area contributed by atoms with Gasteiger partial charge in [-0.1, -0.05) is 0 Å². The molecule has 0 spiro atoms. The van der Waals surface area contributed by atoms with E-state index in [0.717, 1.165) is 17.8 Å². The number of aromatic carboxylic acids is 1. The predicted octanol–water partition coefficient (Wildman–Crippen LogP) is 1.79. The second-order valence-electron chi connectivity index (χ2n) is 2.82. The van der Waals surface area contributed by atoms with Crippen LogP contribution >= 0.6 is 11.8 Å². The monoisotopic (exact) mass is 244 g/mol. The Kier molecular flexibility index (Phi) is 4.30. The Balaban J connectivity index is 2.82. The van der Waals surface area contributed by atoms with E-state index < -0.39 is 17.8 Å². The molecule has 6 heteroatoms. The average molecular weight is 244 g/mol. The Bertz CT molecular complexity index is 419. The van der Waals surface area contributed by atoms with Crippen LogP contribution in [0.25, 0.3) is 0 Å². The van der Waals surface area contributed by atoms with Crippen molar-refractivity contribution in [1.29, 1.82) is 0 Å². The Morgan fingerprint density at radius 1 is 1.50 bits per heavy atom. The molecule has 0 saturated carbocycles. The molecular weight excluding hydrogens is 235 g/mol. The SMILES string of the molecule is COC(=O)CSc1cc(C(=O)O)ccc1F. The molecule has 1 aromatic rings. The molecule has 0 radical (unpaired) electrons. The van der Waals surface area contributed by atoms with E-state index in [4.69, 9.17) is 5.11 Å². The number of benzene rings is 1. The van der Waals surface area contributed by atoms with E-state index in [1.165, 1.54) is 19.2 Å². The minimum atomic E-state index is -1.14. The zero-order valence-electron chi connectivity index (χ0n) is 8.40. The molecule has 0 amide bonds. The largest absolute Gasteiger partial charge is 0.478 e. The lowest BCUT2D eigenvalue weighted by molar-refractivity contribution is -0.137. The zero-order valence-corrected chi connectivity index (χ0v) is 9.21. The van der Waals surface area contributed by atoms with Crippen molar-refractivity contribution in [3.05, 3.63) is 29.6 Å². The van der Waals surface area contributed by atoms with Gasteiger partial charge in [-0.05, 0) is 18.2 Å². The van der Waals surface area contributed by atoms with E-state index in [1.54, 1.807) is 0 Å². The van der Waals surface area contributed by atoms with Gasteiger partial charge in [-0.2, -0.15) is 0 Å². The maximum absolute atomic E-state index is 13.2. The number of esters is 1. The van der Waals surface area contributed by atoms with Crippen LogP contribution in [0.5, 0.6) is 0 Å². The summed E-state index contributed by atoms with van der Waals surface area (Å²) in [5, 5.41) is 8.70. The topological polar surface area (TPSA) is 63.6 Å². The first kappa shape index (κ1) is 12.5. The smallest absolute Gasteiger partial charge is 0.335 e. The maximum Gasteiger partial charge on any atom is 0.335 e. The summed E-state index contributed by atoms with van der Waals surface area (Å²) in [5.74, 6) is -2.25. The summed E-state index contributed by atoms with van der Waals surface area (Å²) in [7, 11) is 1.23. The van der Waals surface area contributed by atoms with Gasteiger partial charge in [0.25, 0.3) is 0 Å². The highest BCUT2D eigenvalue weighted by molar-refractivity contribution is 8.00. The van der Waals surface area contributed by atoms with Gasteiger partial charge in [0.2, 0.25) is 0 Å². The molecule has 0 fully saturated rings. The number of carbonyl (C=O) groups excluding carboxylic acids is 1. The highest BCUT2D eigenvalue weighted by Gasteiger charge is 2.10. The van der Waals surface area contributed by atoms with Crippen LogP contribution in [0, 0.1) is 5.82 Å². The van der Waals surface area contributed by atoms with Gasteiger partial charge in [0.1, 0.15) is 5.82 Å². The van der Waals surface area contributed by atoms with Crippen molar-refractivity contribution in [2.24, 2.45) is 0 Å². The van der Waals surface area contributed by atoms with Crippen LogP contribution in [0.2, 0.25) is 0 Å². The molecule has 86 valence electrons.